The first-order valence-electron chi connectivity index (χ1n) is 0.993. The molecule has 2 N–H and O–H groups in total. The lowest BCUT2D eigenvalue weighted by Crippen LogP contribution is -2.01. The molecule has 8 heavy (non-hydrogen) atoms. The first kappa shape index (κ1) is 40.3. The Balaban J connectivity index is -0.00000000750. The zero-order valence-electron chi connectivity index (χ0n) is 3.71. The van der Waals surface area contributed by atoms with Crippen molar-refractivity contribution in [1.29, 1.82) is 0 Å². The molecule has 2 nitrogen and oxygen atoms in total. The van der Waals surface area contributed by atoms with Gasteiger partial charge in [-0.3, -0.25) is 4.79 Å². The summed E-state index contributed by atoms with van der Waals surface area (Å²) in [6.45, 7) is 1.31. The summed E-state index contributed by atoms with van der Waals surface area (Å²) >= 11 is 0. The van der Waals surface area contributed by atoms with Crippen molar-refractivity contribution in [2.75, 3.05) is 0 Å². The smallest absolute Gasteiger partial charge is 0.214 e. The van der Waals surface area contributed by atoms with Gasteiger partial charge in [-0.25, -0.2) is 0 Å². The molecule has 0 spiro atoms. The molecule has 0 saturated heterocycles. The van der Waals surface area contributed by atoms with Crippen molar-refractivity contribution >= 4 is 43.1 Å². The number of halogens is 3. The molecule has 0 radical (unpaired) electrons. The van der Waals surface area contributed by atoms with E-state index >= 15 is 0 Å². The fourth-order valence-electron chi connectivity index (χ4n) is 0. The molecule has 0 aliphatic carbocycles. The van der Waals surface area contributed by atoms with Crippen molar-refractivity contribution in [3.8, 4) is 0 Å². The topological polar surface area (TPSA) is 43.1 Å². The highest BCUT2D eigenvalue weighted by atomic mass is 35.5. The van der Waals surface area contributed by atoms with Crippen LogP contribution < -0.4 is 5.73 Å². The van der Waals surface area contributed by atoms with Gasteiger partial charge in [-0.15, -0.1) is 37.2 Å². The number of primary amides is 1. The van der Waals surface area contributed by atoms with Crippen LogP contribution in [0.5, 0.6) is 0 Å². The van der Waals surface area contributed by atoms with Gasteiger partial charge in [-0.2, -0.15) is 0 Å². The van der Waals surface area contributed by atoms with Crippen LogP contribution in [-0.2, 0) is 4.79 Å². The monoisotopic (exact) mass is 183 g/mol. The number of rotatable bonds is 0. The molecule has 0 aromatic carbocycles. The molecule has 0 rings (SSSR count). The second-order valence-corrected chi connectivity index (χ2v) is 0.611. The molecular formula is C3H12Cl3NO. The van der Waals surface area contributed by atoms with E-state index in [0.717, 1.165) is 0 Å². The van der Waals surface area contributed by atoms with Crippen LogP contribution in [0.15, 0.2) is 0 Å². The lowest BCUT2D eigenvalue weighted by molar-refractivity contribution is -0.115. The van der Waals surface area contributed by atoms with Crippen LogP contribution in [0.2, 0.25) is 0 Å². The summed E-state index contributed by atoms with van der Waals surface area (Å²) in [5.74, 6) is -0.333. The predicted molar refractivity (Wildman–Crippen MR) is 43.3 cm³/mol. The standard InChI is InChI=1S/C2H5NO.CH4.3ClH/c1-2(3)4;;;;/h1H3,(H2,3,4);1H4;3*1H. The molecule has 1 amide bonds. The molecule has 56 valence electrons. The third-order valence-electron chi connectivity index (χ3n) is 0. The van der Waals surface area contributed by atoms with E-state index in [-0.39, 0.29) is 50.6 Å². The molecule has 0 aliphatic heterocycles. The largest absolute Gasteiger partial charge is 0.370 e. The first-order chi connectivity index (χ1) is 1.73. The first-order valence-corrected chi connectivity index (χ1v) is 0.993. The summed E-state index contributed by atoms with van der Waals surface area (Å²) in [5.41, 5.74) is 4.47. The summed E-state index contributed by atoms with van der Waals surface area (Å²) in [6.07, 6.45) is 0. The van der Waals surface area contributed by atoms with Crippen molar-refractivity contribution in [2.45, 2.75) is 14.4 Å². The van der Waals surface area contributed by atoms with E-state index in [1.54, 1.807) is 0 Å². The van der Waals surface area contributed by atoms with E-state index < -0.39 is 0 Å². The van der Waals surface area contributed by atoms with Crippen LogP contribution in [0.3, 0.4) is 0 Å². The molecule has 0 saturated carbocycles. The third kappa shape index (κ3) is 1560. The second kappa shape index (κ2) is 26.4. The van der Waals surface area contributed by atoms with Crippen LogP contribution in [-0.4, -0.2) is 5.91 Å². The third-order valence-corrected chi connectivity index (χ3v) is 0. The Hall–Kier alpha value is 0.340. The van der Waals surface area contributed by atoms with Crippen molar-refractivity contribution in [3.63, 3.8) is 0 Å². The van der Waals surface area contributed by atoms with Gasteiger partial charge in [0.2, 0.25) is 5.91 Å². The fraction of sp³-hybridized carbons (Fsp3) is 0.667. The zero-order chi connectivity index (χ0) is 3.58. The molecule has 0 aromatic heterocycles. The van der Waals surface area contributed by atoms with Crippen molar-refractivity contribution in [1.82, 2.24) is 0 Å². The Bertz CT molecular complexity index is 37.5. The maximum absolute atomic E-state index is 9.22. The minimum absolute atomic E-state index is 0. The average molecular weight is 184 g/mol. The lowest BCUT2D eigenvalue weighted by Gasteiger charge is -1.60. The van der Waals surface area contributed by atoms with Crippen LogP contribution in [0, 0.1) is 0 Å². The highest BCUT2D eigenvalue weighted by Gasteiger charge is 1.61. The van der Waals surface area contributed by atoms with Crippen molar-refractivity contribution < 1.29 is 4.79 Å². The number of carbonyl (C=O) groups excluding carboxylic acids is 1. The SMILES string of the molecule is C.CC(N)=O.Cl.Cl.Cl. The summed E-state index contributed by atoms with van der Waals surface area (Å²) < 4.78 is 0. The van der Waals surface area contributed by atoms with Crippen LogP contribution in [0.4, 0.5) is 0 Å². The Morgan fingerprint density at radius 2 is 1.25 bits per heavy atom. The van der Waals surface area contributed by atoms with Gasteiger partial charge in [0, 0.05) is 6.92 Å². The highest BCUT2D eigenvalue weighted by Crippen LogP contribution is 1.33. The second-order valence-electron chi connectivity index (χ2n) is 0.611. The van der Waals surface area contributed by atoms with E-state index in [4.69, 9.17) is 0 Å². The fourth-order valence-corrected chi connectivity index (χ4v) is 0. The number of hydrogen-bond donors (Lipinski definition) is 1. The van der Waals surface area contributed by atoms with E-state index in [9.17, 15) is 4.79 Å². The van der Waals surface area contributed by atoms with E-state index in [1.165, 1.54) is 6.92 Å². The zero-order valence-corrected chi connectivity index (χ0v) is 6.16. The van der Waals surface area contributed by atoms with Gasteiger partial charge in [0.05, 0.1) is 0 Å². The molecule has 5 heteroatoms. The Morgan fingerprint density at radius 3 is 1.25 bits per heavy atom. The maximum Gasteiger partial charge on any atom is 0.214 e. The summed E-state index contributed by atoms with van der Waals surface area (Å²) in [6, 6.07) is 0. The van der Waals surface area contributed by atoms with Gasteiger partial charge < -0.3 is 5.73 Å². The molecule has 0 atom stereocenters. The van der Waals surface area contributed by atoms with Gasteiger partial charge >= 0.3 is 0 Å². The maximum atomic E-state index is 9.22. The molecule has 0 aromatic rings. The lowest BCUT2D eigenvalue weighted by atomic mass is 10.8. The normalized spacial score (nSPS) is 3.12. The van der Waals surface area contributed by atoms with Crippen LogP contribution in [0.1, 0.15) is 14.4 Å². The van der Waals surface area contributed by atoms with Gasteiger partial charge in [0.15, 0.2) is 0 Å². The van der Waals surface area contributed by atoms with Crippen molar-refractivity contribution in [2.24, 2.45) is 5.73 Å². The number of carbonyl (C=O) groups is 1. The number of hydrogen-bond acceptors (Lipinski definition) is 1. The van der Waals surface area contributed by atoms with Gasteiger partial charge in [-0.1, -0.05) is 7.43 Å². The highest BCUT2D eigenvalue weighted by molar-refractivity contribution is 5.86. The Kier molecular flexibility index (Phi) is 133. The number of amides is 1. The average Bonchev–Trinajstić information content (AvgIpc) is 0.811. The number of nitrogens with two attached hydrogens (primary N) is 1. The predicted octanol–water partition coefficient (Wildman–Crippen LogP) is 1.39. The summed E-state index contributed by atoms with van der Waals surface area (Å²) in [4.78, 5) is 9.22. The Morgan fingerprint density at radius 1 is 1.25 bits per heavy atom. The van der Waals surface area contributed by atoms with Crippen molar-refractivity contribution in [3.05, 3.63) is 0 Å². The molecule has 0 heterocycles. The minimum Gasteiger partial charge on any atom is -0.370 e. The quantitative estimate of drug-likeness (QED) is 0.608. The van der Waals surface area contributed by atoms with Gasteiger partial charge in [-0.05, 0) is 0 Å². The molecule has 0 unspecified atom stereocenters. The molecule has 0 aliphatic rings. The van der Waals surface area contributed by atoms with Crippen LogP contribution in [0.25, 0.3) is 0 Å². The molecular weight excluding hydrogens is 172 g/mol. The molecule has 0 fully saturated rings. The Labute approximate surface area is 68.4 Å². The summed E-state index contributed by atoms with van der Waals surface area (Å²) in [5, 5.41) is 0. The minimum atomic E-state index is -0.333. The van der Waals surface area contributed by atoms with Gasteiger partial charge in [0.25, 0.3) is 0 Å². The molecule has 0 bridgehead atoms. The van der Waals surface area contributed by atoms with Gasteiger partial charge in [0.1, 0.15) is 0 Å². The summed E-state index contributed by atoms with van der Waals surface area (Å²) in [7, 11) is 0. The van der Waals surface area contributed by atoms with E-state index in [1.807, 2.05) is 0 Å². The van der Waals surface area contributed by atoms with E-state index in [0.29, 0.717) is 0 Å². The van der Waals surface area contributed by atoms with E-state index in [2.05, 4.69) is 5.73 Å². The van der Waals surface area contributed by atoms with Crippen LogP contribution >= 0.6 is 37.2 Å².